The Morgan fingerprint density at radius 2 is 1.94 bits per heavy atom. The molecule has 2 saturated heterocycles. The summed E-state index contributed by atoms with van der Waals surface area (Å²) in [5, 5.41) is 33.2. The summed E-state index contributed by atoms with van der Waals surface area (Å²) in [5.74, 6) is 2.08. The third-order valence-electron chi connectivity index (χ3n) is 6.47. The third-order valence-corrected chi connectivity index (χ3v) is 6.47. The molecule has 32 heavy (non-hydrogen) atoms. The number of H-pyrrole nitrogens is 1. The Balaban J connectivity index is 1.42. The van der Waals surface area contributed by atoms with E-state index in [4.69, 9.17) is 10.2 Å². The van der Waals surface area contributed by atoms with Gasteiger partial charge in [-0.25, -0.2) is 9.97 Å². The van der Waals surface area contributed by atoms with Gasteiger partial charge in [-0.2, -0.15) is 15.6 Å². The maximum absolute atomic E-state index is 9.29. The molecule has 162 valence electrons. The number of fused-ring (bicyclic) bond motifs is 3. The highest BCUT2D eigenvalue weighted by Gasteiger charge is 2.40. The largest absolute Gasteiger partial charge is 0.367 e. The molecule has 2 atom stereocenters. The third kappa shape index (κ3) is 3.95. The Bertz CT molecular complexity index is 1200. The van der Waals surface area contributed by atoms with Crippen LogP contribution in [0.5, 0.6) is 0 Å². The van der Waals surface area contributed by atoms with Gasteiger partial charge >= 0.3 is 0 Å². The van der Waals surface area contributed by atoms with E-state index < -0.39 is 0 Å². The summed E-state index contributed by atoms with van der Waals surface area (Å²) in [4.78, 5) is 11.9. The Hall–Kier alpha value is -3.69. The van der Waals surface area contributed by atoms with Crippen molar-refractivity contribution in [3.8, 4) is 12.1 Å². The molecule has 0 aromatic carbocycles. The zero-order valence-electron chi connectivity index (χ0n) is 18.0. The van der Waals surface area contributed by atoms with Gasteiger partial charge in [0, 0.05) is 54.3 Å². The Morgan fingerprint density at radius 1 is 1.12 bits per heavy atom. The molecular formula is C23H25N9. The smallest absolute Gasteiger partial charge is 0.153 e. The number of aryl methyl sites for hydroxylation is 1. The molecule has 9 heteroatoms. The number of anilines is 3. The lowest BCUT2D eigenvalue weighted by molar-refractivity contribution is 0.136. The van der Waals surface area contributed by atoms with Crippen LogP contribution in [0.2, 0.25) is 0 Å². The lowest BCUT2D eigenvalue weighted by atomic mass is 9.97. The second-order valence-corrected chi connectivity index (χ2v) is 8.64. The number of pyridine rings is 2. The van der Waals surface area contributed by atoms with Crippen LogP contribution in [-0.2, 0) is 0 Å². The molecule has 0 amide bonds. The first-order valence-electron chi connectivity index (χ1n) is 11.0. The van der Waals surface area contributed by atoms with Crippen molar-refractivity contribution in [2.75, 3.05) is 17.2 Å². The quantitative estimate of drug-likeness (QED) is 0.544. The van der Waals surface area contributed by atoms with Gasteiger partial charge in [0.05, 0.1) is 11.6 Å². The highest BCUT2D eigenvalue weighted by Crippen LogP contribution is 2.37. The molecule has 0 aliphatic carbocycles. The van der Waals surface area contributed by atoms with Crippen LogP contribution < -0.4 is 10.6 Å². The van der Waals surface area contributed by atoms with Crippen LogP contribution in [0.25, 0.3) is 10.9 Å². The lowest BCUT2D eigenvalue weighted by Crippen LogP contribution is -2.47. The normalized spacial score (nSPS) is 22.4. The van der Waals surface area contributed by atoms with Gasteiger partial charge in [0.2, 0.25) is 0 Å². The molecule has 3 aromatic rings. The first-order valence-corrected chi connectivity index (χ1v) is 11.0. The maximum atomic E-state index is 9.29. The monoisotopic (exact) mass is 427 g/mol. The summed E-state index contributed by atoms with van der Waals surface area (Å²) in [6.07, 6.45) is 5.03. The molecule has 2 unspecified atom stereocenters. The van der Waals surface area contributed by atoms with Crippen LogP contribution in [0.15, 0.2) is 24.3 Å². The fourth-order valence-electron chi connectivity index (χ4n) is 5.11. The van der Waals surface area contributed by atoms with Gasteiger partial charge in [0.15, 0.2) is 5.82 Å². The van der Waals surface area contributed by atoms with Gasteiger partial charge in [-0.05, 0) is 44.7 Å². The number of nitriles is 2. The van der Waals surface area contributed by atoms with Gasteiger partial charge < -0.3 is 10.6 Å². The van der Waals surface area contributed by atoms with Crippen LogP contribution in [0.3, 0.4) is 0 Å². The number of hydrogen-bond acceptors (Lipinski definition) is 8. The molecule has 2 fully saturated rings. The van der Waals surface area contributed by atoms with Crippen molar-refractivity contribution in [2.24, 2.45) is 0 Å². The molecule has 2 aliphatic rings. The molecule has 2 bridgehead atoms. The number of aromatic amines is 1. The van der Waals surface area contributed by atoms with Gasteiger partial charge in [-0.3, -0.25) is 10.00 Å². The predicted molar refractivity (Wildman–Crippen MR) is 121 cm³/mol. The summed E-state index contributed by atoms with van der Waals surface area (Å²) in [6.45, 7) is 2.81. The molecule has 2 aliphatic heterocycles. The molecule has 5 rings (SSSR count). The average molecular weight is 428 g/mol. The van der Waals surface area contributed by atoms with Crippen molar-refractivity contribution in [2.45, 2.75) is 57.2 Å². The fraction of sp³-hybridized carbons (Fsp3) is 0.435. The van der Waals surface area contributed by atoms with E-state index in [-0.39, 0.29) is 0 Å². The van der Waals surface area contributed by atoms with Gasteiger partial charge in [0.25, 0.3) is 0 Å². The average Bonchev–Trinajstić information content (AvgIpc) is 3.30. The molecule has 5 heterocycles. The zero-order chi connectivity index (χ0) is 22.1. The van der Waals surface area contributed by atoms with Gasteiger partial charge in [0.1, 0.15) is 23.4 Å². The number of rotatable bonds is 6. The second kappa shape index (κ2) is 8.45. The lowest BCUT2D eigenvalue weighted by Gasteiger charge is -2.39. The van der Waals surface area contributed by atoms with Crippen molar-refractivity contribution in [3.05, 3.63) is 35.7 Å². The molecule has 0 saturated carbocycles. The van der Waals surface area contributed by atoms with Crippen molar-refractivity contribution in [1.29, 1.82) is 10.5 Å². The molecule has 0 spiro atoms. The fourth-order valence-corrected chi connectivity index (χ4v) is 5.11. The number of hydrogen-bond donors (Lipinski definition) is 3. The van der Waals surface area contributed by atoms with Crippen LogP contribution in [0.1, 0.15) is 43.5 Å². The van der Waals surface area contributed by atoms with Crippen molar-refractivity contribution in [1.82, 2.24) is 25.1 Å². The molecular weight excluding hydrogens is 402 g/mol. The minimum atomic E-state index is 0.306. The van der Waals surface area contributed by atoms with Crippen molar-refractivity contribution < 1.29 is 0 Å². The SMILES string of the molecule is Cc1cc(Nc2cc3nc(C#N)ccc3c(NC3CC4CCC(C3)N4CCC#N)n2)n[nH]1. The predicted octanol–water partition coefficient (Wildman–Crippen LogP) is 3.60. The Labute approximate surface area is 186 Å². The topological polar surface area (TPSA) is 129 Å². The molecule has 3 N–H and O–H groups in total. The highest BCUT2D eigenvalue weighted by molar-refractivity contribution is 5.92. The van der Waals surface area contributed by atoms with E-state index in [9.17, 15) is 5.26 Å². The second-order valence-electron chi connectivity index (χ2n) is 8.64. The summed E-state index contributed by atoms with van der Waals surface area (Å²) in [5.41, 5.74) is 2.04. The first kappa shape index (κ1) is 20.2. The number of aromatic nitrogens is 4. The summed E-state index contributed by atoms with van der Waals surface area (Å²) >= 11 is 0. The van der Waals surface area contributed by atoms with E-state index in [1.54, 1.807) is 6.07 Å². The minimum Gasteiger partial charge on any atom is -0.367 e. The summed E-state index contributed by atoms with van der Waals surface area (Å²) in [6, 6.07) is 13.1. The summed E-state index contributed by atoms with van der Waals surface area (Å²) in [7, 11) is 0. The van der Waals surface area contributed by atoms with Crippen LogP contribution in [0, 0.1) is 29.6 Å². The standard InChI is InChI=1S/C23H25N9/c1-14-9-22(31-30-14)28-21-12-20-19(6-3-15(13-25)26-20)23(29-21)27-16-10-17-4-5-18(11-16)32(17)8-2-7-24/h3,6,9,12,16-18H,2,4-5,8,10-11H2,1H3,(H3,27,28,29,30,31). The van der Waals surface area contributed by atoms with E-state index in [1.165, 1.54) is 12.8 Å². The number of nitrogens with zero attached hydrogens (tertiary/aromatic N) is 6. The molecule has 3 aromatic heterocycles. The minimum absolute atomic E-state index is 0.306. The van der Waals surface area contributed by atoms with Crippen LogP contribution in [0.4, 0.5) is 17.5 Å². The van der Waals surface area contributed by atoms with Crippen molar-refractivity contribution >= 4 is 28.4 Å². The van der Waals surface area contributed by atoms with E-state index in [2.05, 4.69) is 42.9 Å². The van der Waals surface area contributed by atoms with Crippen molar-refractivity contribution in [3.63, 3.8) is 0 Å². The van der Waals surface area contributed by atoms with E-state index in [0.29, 0.717) is 47.4 Å². The van der Waals surface area contributed by atoms with E-state index in [0.717, 1.165) is 36.3 Å². The number of piperidine rings is 1. The van der Waals surface area contributed by atoms with Gasteiger partial charge in [-0.15, -0.1) is 0 Å². The van der Waals surface area contributed by atoms with Crippen LogP contribution >= 0.6 is 0 Å². The highest BCUT2D eigenvalue weighted by atomic mass is 15.2. The summed E-state index contributed by atoms with van der Waals surface area (Å²) < 4.78 is 0. The first-order chi connectivity index (χ1) is 15.6. The van der Waals surface area contributed by atoms with E-state index in [1.807, 2.05) is 25.1 Å². The molecule has 0 radical (unpaired) electrons. The maximum Gasteiger partial charge on any atom is 0.153 e. The molecule has 9 nitrogen and oxygen atoms in total. The Kier molecular flexibility index (Phi) is 5.34. The van der Waals surface area contributed by atoms with E-state index >= 15 is 0 Å². The zero-order valence-corrected chi connectivity index (χ0v) is 18.0. The Morgan fingerprint density at radius 3 is 2.62 bits per heavy atom. The number of nitrogens with one attached hydrogen (secondary N) is 3. The van der Waals surface area contributed by atoms with Crippen LogP contribution in [-0.4, -0.2) is 49.7 Å². The van der Waals surface area contributed by atoms with Gasteiger partial charge in [-0.1, -0.05) is 0 Å².